The summed E-state index contributed by atoms with van der Waals surface area (Å²) in [4.78, 5) is 35.5. The molecule has 0 fully saturated rings. The van der Waals surface area contributed by atoms with Gasteiger partial charge in [-0.2, -0.15) is 27.1 Å². The molecular formula is C23H23F5N8O3. The Kier molecular flexibility index (Phi) is 7.61. The van der Waals surface area contributed by atoms with E-state index in [4.69, 9.17) is 0 Å². The van der Waals surface area contributed by atoms with Crippen LogP contribution < -0.4 is 15.5 Å². The number of aliphatic hydroxyl groups is 1. The number of amides is 2. The fourth-order valence-corrected chi connectivity index (χ4v) is 3.82. The van der Waals surface area contributed by atoms with E-state index in [9.17, 15) is 36.6 Å². The van der Waals surface area contributed by atoms with Gasteiger partial charge in [-0.05, 0) is 12.5 Å². The zero-order valence-electron chi connectivity index (χ0n) is 20.7. The number of fused-ring (bicyclic) bond motifs is 1. The van der Waals surface area contributed by atoms with E-state index < -0.39 is 42.2 Å². The van der Waals surface area contributed by atoms with E-state index >= 15 is 0 Å². The third kappa shape index (κ3) is 6.01. The van der Waals surface area contributed by atoms with Crippen LogP contribution in [0.1, 0.15) is 31.1 Å². The summed E-state index contributed by atoms with van der Waals surface area (Å²) in [7, 11) is 0. The van der Waals surface area contributed by atoms with E-state index in [1.165, 1.54) is 6.07 Å². The van der Waals surface area contributed by atoms with Gasteiger partial charge in [0, 0.05) is 49.6 Å². The van der Waals surface area contributed by atoms with E-state index in [0.29, 0.717) is 32.3 Å². The lowest BCUT2D eigenvalue weighted by Gasteiger charge is -2.22. The second kappa shape index (κ2) is 10.6. The second-order valence-electron chi connectivity index (χ2n) is 8.63. The molecule has 1 aliphatic rings. The summed E-state index contributed by atoms with van der Waals surface area (Å²) in [5.74, 6) is -9.21. The molecule has 1 aliphatic heterocycles. The van der Waals surface area contributed by atoms with Gasteiger partial charge in [0.15, 0.2) is 0 Å². The summed E-state index contributed by atoms with van der Waals surface area (Å²) in [6.45, 7) is 2.60. The van der Waals surface area contributed by atoms with E-state index in [2.05, 4.69) is 30.7 Å². The lowest BCUT2D eigenvalue weighted by atomic mass is 10.1. The summed E-state index contributed by atoms with van der Waals surface area (Å²) in [6, 6.07) is 4.02. The number of pyridine rings is 1. The Hall–Kier alpha value is -4.05. The molecule has 4 heterocycles. The molecule has 0 unspecified atom stereocenters. The first-order chi connectivity index (χ1) is 18.3. The lowest BCUT2D eigenvalue weighted by Crippen LogP contribution is -2.46. The first kappa shape index (κ1) is 28.0. The molecule has 11 nitrogen and oxygen atoms in total. The number of nitrogens with zero attached hydrogens (tertiary/aromatic N) is 6. The normalized spacial score (nSPS) is 13.6. The Morgan fingerprint density at radius 2 is 1.92 bits per heavy atom. The number of aliphatic hydroxyl groups excluding tert-OH is 1. The first-order valence-electron chi connectivity index (χ1n) is 11.7. The van der Waals surface area contributed by atoms with Crippen LogP contribution in [0.25, 0.3) is 11.3 Å². The molecule has 0 aromatic carbocycles. The molecule has 3 aromatic heterocycles. The molecular weight excluding hydrogens is 531 g/mol. The Morgan fingerprint density at radius 3 is 2.54 bits per heavy atom. The molecule has 0 atom stereocenters. The van der Waals surface area contributed by atoms with Crippen LogP contribution in [0.5, 0.6) is 0 Å². The van der Waals surface area contributed by atoms with Gasteiger partial charge in [-0.1, -0.05) is 6.92 Å². The minimum Gasteiger partial charge on any atom is -0.387 e. The van der Waals surface area contributed by atoms with Crippen molar-refractivity contribution in [2.24, 2.45) is 0 Å². The van der Waals surface area contributed by atoms with E-state index in [1.54, 1.807) is 17.7 Å². The van der Waals surface area contributed by atoms with Crippen LogP contribution >= 0.6 is 0 Å². The van der Waals surface area contributed by atoms with Crippen molar-refractivity contribution in [3.8, 4) is 11.3 Å². The van der Waals surface area contributed by atoms with E-state index in [-0.39, 0.29) is 34.1 Å². The zero-order chi connectivity index (χ0) is 28.5. The maximum Gasteiger partial charge on any atom is 0.472 e. The number of nitrogens with one attached hydrogen (secondary N) is 2. The molecule has 16 heteroatoms. The summed E-state index contributed by atoms with van der Waals surface area (Å²) in [6.07, 6.45) is -4.11. The summed E-state index contributed by atoms with van der Waals surface area (Å²) < 4.78 is 69.7. The third-order valence-electron chi connectivity index (χ3n) is 5.69. The van der Waals surface area contributed by atoms with Crippen molar-refractivity contribution >= 4 is 29.1 Å². The molecule has 0 radical (unpaired) electrons. The van der Waals surface area contributed by atoms with Crippen LogP contribution in [0, 0.1) is 0 Å². The molecule has 3 aromatic rings. The Balaban J connectivity index is 1.87. The topological polar surface area (TPSA) is 138 Å². The van der Waals surface area contributed by atoms with Crippen molar-refractivity contribution < 1.29 is 36.6 Å². The number of anilines is 3. The number of rotatable bonds is 7. The van der Waals surface area contributed by atoms with Crippen molar-refractivity contribution in [3.63, 3.8) is 0 Å². The fourth-order valence-electron chi connectivity index (χ4n) is 3.82. The van der Waals surface area contributed by atoms with Crippen LogP contribution in [0.15, 0.2) is 24.4 Å². The highest BCUT2D eigenvalue weighted by atomic mass is 19.4. The molecule has 0 spiro atoms. The van der Waals surface area contributed by atoms with E-state index in [1.807, 2.05) is 0 Å². The van der Waals surface area contributed by atoms with Crippen LogP contribution in [0.2, 0.25) is 0 Å². The predicted octanol–water partition coefficient (Wildman–Crippen LogP) is 2.67. The largest absolute Gasteiger partial charge is 0.472 e. The Bertz CT molecular complexity index is 1380. The molecule has 0 aliphatic carbocycles. The Labute approximate surface area is 218 Å². The number of halogens is 5. The maximum absolute atomic E-state index is 14.1. The third-order valence-corrected chi connectivity index (χ3v) is 5.69. The summed E-state index contributed by atoms with van der Waals surface area (Å²) >= 11 is 0. The van der Waals surface area contributed by atoms with Gasteiger partial charge < -0.3 is 15.7 Å². The fraction of sp³-hybridized carbons (Fsp3) is 0.391. The number of aromatic nitrogens is 5. The zero-order valence-corrected chi connectivity index (χ0v) is 20.7. The van der Waals surface area contributed by atoms with Gasteiger partial charge in [0.2, 0.25) is 5.82 Å². The number of imide groups is 1. The molecule has 2 amide bonds. The molecule has 208 valence electrons. The molecule has 3 N–H and O–H groups in total. The van der Waals surface area contributed by atoms with Crippen molar-refractivity contribution in [2.45, 2.75) is 45.5 Å². The number of aryl methyl sites for hydroxylation is 1. The highest BCUT2D eigenvalue weighted by Gasteiger charge is 2.46. The SMILES string of the molecule is CCc1cc(Nc2cc(N(C(=O)CO)C(=O)C(F)(F)F)ncc2-c2cc3n(n2)CCNC3)nc(C(C)(F)F)n1. The van der Waals surface area contributed by atoms with Gasteiger partial charge in [-0.15, -0.1) is 0 Å². The smallest absolute Gasteiger partial charge is 0.387 e. The molecule has 4 rings (SSSR count). The molecule has 39 heavy (non-hydrogen) atoms. The van der Waals surface area contributed by atoms with Gasteiger partial charge in [0.1, 0.15) is 18.2 Å². The Morgan fingerprint density at radius 1 is 1.18 bits per heavy atom. The monoisotopic (exact) mass is 554 g/mol. The van der Waals surface area contributed by atoms with Gasteiger partial charge in [-0.25, -0.2) is 19.9 Å². The molecule has 0 saturated carbocycles. The number of hydrogen-bond acceptors (Lipinski definition) is 9. The highest BCUT2D eigenvalue weighted by Crippen LogP contribution is 2.34. The number of carbonyl (C=O) groups is 2. The number of hydrogen-bond donors (Lipinski definition) is 3. The van der Waals surface area contributed by atoms with Gasteiger partial charge in [0.05, 0.1) is 23.6 Å². The van der Waals surface area contributed by atoms with Gasteiger partial charge in [0.25, 0.3) is 5.91 Å². The lowest BCUT2D eigenvalue weighted by molar-refractivity contribution is -0.171. The average molecular weight is 554 g/mol. The number of carbonyl (C=O) groups excluding carboxylic acids is 2. The minimum absolute atomic E-state index is 0.0414. The first-order valence-corrected chi connectivity index (χ1v) is 11.7. The molecule has 0 saturated heterocycles. The van der Waals surface area contributed by atoms with E-state index in [0.717, 1.165) is 18.0 Å². The van der Waals surface area contributed by atoms with Crippen LogP contribution in [-0.2, 0) is 35.0 Å². The highest BCUT2D eigenvalue weighted by molar-refractivity contribution is 6.16. The van der Waals surface area contributed by atoms with Crippen molar-refractivity contribution in [3.05, 3.63) is 41.6 Å². The minimum atomic E-state index is -5.46. The summed E-state index contributed by atoms with van der Waals surface area (Å²) in [5.41, 5.74) is 1.58. The van der Waals surface area contributed by atoms with Crippen molar-refractivity contribution in [2.75, 3.05) is 23.4 Å². The van der Waals surface area contributed by atoms with Crippen LogP contribution in [0.4, 0.5) is 39.3 Å². The van der Waals surface area contributed by atoms with Crippen LogP contribution in [0.3, 0.4) is 0 Å². The van der Waals surface area contributed by atoms with Gasteiger partial charge in [-0.3, -0.25) is 14.3 Å². The summed E-state index contributed by atoms with van der Waals surface area (Å²) in [5, 5.41) is 19.7. The average Bonchev–Trinajstić information content (AvgIpc) is 3.31. The van der Waals surface area contributed by atoms with Gasteiger partial charge >= 0.3 is 18.0 Å². The second-order valence-corrected chi connectivity index (χ2v) is 8.63. The predicted molar refractivity (Wildman–Crippen MR) is 127 cm³/mol. The maximum atomic E-state index is 14.1. The van der Waals surface area contributed by atoms with Crippen molar-refractivity contribution in [1.29, 1.82) is 0 Å². The quantitative estimate of drug-likeness (QED) is 0.377. The standard InChI is InChI=1S/C23H23F5N8O3/c1-3-12-6-17(33-20(31-12)22(2,24)25)32-15-8-18(36(19(38)11-37)21(39)23(26,27)28)30-10-14(15)16-7-13-9-29-4-5-35(13)34-16/h6-8,10,29,37H,3-5,9,11H2,1-2H3,(H,30,31,32,33). The number of alkyl halides is 5. The van der Waals surface area contributed by atoms with Crippen LogP contribution in [-0.4, -0.2) is 61.0 Å². The van der Waals surface area contributed by atoms with Crippen molar-refractivity contribution in [1.82, 2.24) is 30.0 Å². The molecule has 0 bridgehead atoms.